The molecule has 6 heteroatoms. The van der Waals surface area contributed by atoms with Crippen LogP contribution in [0.1, 0.15) is 61.2 Å². The summed E-state index contributed by atoms with van der Waals surface area (Å²) in [6.07, 6.45) is 5.99. The Hall–Kier alpha value is -3.38. The molecule has 4 aromatic rings. The molecule has 6 nitrogen and oxygen atoms in total. The molecule has 4 rings (SSSR count). The maximum Gasteiger partial charge on any atom is 0.243 e. The number of benzene rings is 2. The zero-order valence-electron chi connectivity index (χ0n) is 19.5. The molecule has 33 heavy (non-hydrogen) atoms. The molecule has 2 aromatic carbocycles. The number of rotatable bonds is 9. The van der Waals surface area contributed by atoms with Crippen molar-refractivity contribution in [2.75, 3.05) is 0 Å². The molecule has 0 radical (unpaired) electrons. The van der Waals surface area contributed by atoms with E-state index in [9.17, 15) is 4.79 Å². The van der Waals surface area contributed by atoms with E-state index in [4.69, 9.17) is 9.73 Å². The zero-order valence-corrected chi connectivity index (χ0v) is 19.5. The van der Waals surface area contributed by atoms with Crippen LogP contribution in [-0.4, -0.2) is 20.8 Å². The van der Waals surface area contributed by atoms with Gasteiger partial charge in [0.2, 0.25) is 5.91 Å². The number of aryl methyl sites for hydroxylation is 2. The molecule has 2 heterocycles. The van der Waals surface area contributed by atoms with Crippen molar-refractivity contribution >= 4 is 16.8 Å². The summed E-state index contributed by atoms with van der Waals surface area (Å²) >= 11 is 0. The topological polar surface area (TPSA) is 80.3 Å². The maximum atomic E-state index is 11.7. The van der Waals surface area contributed by atoms with Gasteiger partial charge in [0.15, 0.2) is 0 Å². The third kappa shape index (κ3) is 4.86. The minimum Gasteiger partial charge on any atom is -0.361 e. The molecule has 0 bridgehead atoms. The van der Waals surface area contributed by atoms with Gasteiger partial charge in [-0.3, -0.25) is 10.0 Å². The lowest BCUT2D eigenvalue weighted by molar-refractivity contribution is -0.129. The first-order valence-corrected chi connectivity index (χ1v) is 11.5. The Morgan fingerprint density at radius 1 is 1.15 bits per heavy atom. The van der Waals surface area contributed by atoms with Crippen LogP contribution < -0.4 is 5.48 Å². The Labute approximate surface area is 194 Å². The molecular weight excluding hydrogens is 414 g/mol. The molecule has 0 aliphatic heterocycles. The number of nitrogens with zero attached hydrogens (tertiary/aromatic N) is 2. The average Bonchev–Trinajstić information content (AvgIpc) is 3.35. The second-order valence-corrected chi connectivity index (χ2v) is 8.67. The minimum atomic E-state index is -0.349. The predicted molar refractivity (Wildman–Crippen MR) is 129 cm³/mol. The highest BCUT2D eigenvalue weighted by atomic mass is 16.5. The average molecular weight is 446 g/mol. The number of fused-ring (bicyclic) bond motifs is 1. The molecule has 0 aliphatic carbocycles. The van der Waals surface area contributed by atoms with Crippen LogP contribution >= 0.6 is 0 Å². The van der Waals surface area contributed by atoms with Gasteiger partial charge in [0.25, 0.3) is 0 Å². The van der Waals surface area contributed by atoms with E-state index in [0.717, 1.165) is 47.4 Å². The van der Waals surface area contributed by atoms with Gasteiger partial charge in [-0.25, -0.2) is 5.48 Å². The van der Waals surface area contributed by atoms with Crippen molar-refractivity contribution in [3.05, 3.63) is 77.3 Å². The zero-order chi connectivity index (χ0) is 23.4. The molecule has 172 valence electrons. The summed E-state index contributed by atoms with van der Waals surface area (Å²) in [5.41, 5.74) is 8.44. The van der Waals surface area contributed by atoms with Crippen LogP contribution in [0, 0.1) is 13.8 Å². The normalized spacial score (nSPS) is 12.2. The van der Waals surface area contributed by atoms with Crippen LogP contribution in [0.2, 0.25) is 0 Å². The van der Waals surface area contributed by atoms with Crippen LogP contribution in [-0.2, 0) is 11.2 Å². The van der Waals surface area contributed by atoms with E-state index in [1.807, 2.05) is 19.9 Å². The monoisotopic (exact) mass is 445 g/mol. The van der Waals surface area contributed by atoms with Gasteiger partial charge in [-0.1, -0.05) is 54.9 Å². The lowest BCUT2D eigenvalue weighted by Crippen LogP contribution is -2.20. The molecule has 1 atom stereocenters. The Morgan fingerprint density at radius 3 is 2.61 bits per heavy atom. The summed E-state index contributed by atoms with van der Waals surface area (Å²) in [5, 5.41) is 14.3. The van der Waals surface area contributed by atoms with Gasteiger partial charge < -0.3 is 9.09 Å². The van der Waals surface area contributed by atoms with E-state index >= 15 is 0 Å². The molecule has 0 fully saturated rings. The number of hydrogen-bond donors (Lipinski definition) is 2. The standard InChI is InChI=1S/C27H31N3O3/c1-4-8-23(12-14-26(31)28-32)30-17-22(15-20-9-6-5-7-10-20)24-16-21(11-13-25(24)30)27-18(2)29-33-19(27)3/h5-7,9-11,13,16-17,23,32H,4,8,12,14-15H2,1-3H3,(H,28,31). The van der Waals surface area contributed by atoms with E-state index in [1.54, 1.807) is 5.48 Å². The van der Waals surface area contributed by atoms with Crippen molar-refractivity contribution in [2.24, 2.45) is 0 Å². The lowest BCUT2D eigenvalue weighted by atomic mass is 9.99. The minimum absolute atomic E-state index is 0.171. The molecule has 1 amide bonds. The number of carbonyl (C=O) groups is 1. The number of amides is 1. The molecule has 0 saturated carbocycles. The molecule has 2 N–H and O–H groups in total. The molecule has 0 spiro atoms. The number of hydrogen-bond acceptors (Lipinski definition) is 4. The van der Waals surface area contributed by atoms with Crippen LogP contribution in [0.25, 0.3) is 22.0 Å². The van der Waals surface area contributed by atoms with Gasteiger partial charge in [0.05, 0.1) is 5.69 Å². The molecule has 2 aromatic heterocycles. The smallest absolute Gasteiger partial charge is 0.243 e. The van der Waals surface area contributed by atoms with E-state index in [2.05, 4.69) is 65.3 Å². The highest BCUT2D eigenvalue weighted by Crippen LogP contribution is 2.35. The van der Waals surface area contributed by atoms with Crippen molar-refractivity contribution in [1.29, 1.82) is 0 Å². The largest absolute Gasteiger partial charge is 0.361 e. The van der Waals surface area contributed by atoms with Crippen molar-refractivity contribution in [3.63, 3.8) is 0 Å². The van der Waals surface area contributed by atoms with Gasteiger partial charge >= 0.3 is 0 Å². The molecule has 0 saturated heterocycles. The number of aromatic nitrogens is 2. The summed E-state index contributed by atoms with van der Waals surface area (Å²) in [6.45, 7) is 6.07. The highest BCUT2D eigenvalue weighted by molar-refractivity contribution is 5.89. The first-order valence-electron chi connectivity index (χ1n) is 11.5. The van der Waals surface area contributed by atoms with Gasteiger partial charge in [0.1, 0.15) is 5.76 Å². The Morgan fingerprint density at radius 2 is 1.94 bits per heavy atom. The van der Waals surface area contributed by atoms with Crippen LogP contribution in [0.5, 0.6) is 0 Å². The van der Waals surface area contributed by atoms with Gasteiger partial charge in [-0.15, -0.1) is 0 Å². The van der Waals surface area contributed by atoms with Gasteiger partial charge in [-0.2, -0.15) is 0 Å². The molecule has 1 unspecified atom stereocenters. The fourth-order valence-corrected chi connectivity index (χ4v) is 4.74. The maximum absolute atomic E-state index is 11.7. The molecular formula is C27H31N3O3. The number of nitrogens with one attached hydrogen (secondary N) is 1. The summed E-state index contributed by atoms with van der Waals surface area (Å²) in [7, 11) is 0. The first-order chi connectivity index (χ1) is 16.0. The lowest BCUT2D eigenvalue weighted by Gasteiger charge is -2.19. The quantitative estimate of drug-likeness (QED) is 0.240. The third-order valence-electron chi connectivity index (χ3n) is 6.32. The number of carbonyl (C=O) groups excluding carboxylic acids is 1. The van der Waals surface area contributed by atoms with E-state index in [-0.39, 0.29) is 18.4 Å². The van der Waals surface area contributed by atoms with E-state index in [1.165, 1.54) is 16.5 Å². The van der Waals surface area contributed by atoms with Crippen molar-refractivity contribution in [2.45, 2.75) is 58.9 Å². The van der Waals surface area contributed by atoms with Crippen LogP contribution in [0.4, 0.5) is 0 Å². The summed E-state index contributed by atoms with van der Waals surface area (Å²) in [5.74, 6) is 0.465. The van der Waals surface area contributed by atoms with Crippen molar-refractivity contribution in [3.8, 4) is 11.1 Å². The highest BCUT2D eigenvalue weighted by Gasteiger charge is 2.19. The van der Waals surface area contributed by atoms with Crippen molar-refractivity contribution < 1.29 is 14.5 Å². The van der Waals surface area contributed by atoms with Crippen molar-refractivity contribution in [1.82, 2.24) is 15.2 Å². The van der Waals surface area contributed by atoms with Crippen LogP contribution in [0.3, 0.4) is 0 Å². The fraction of sp³-hybridized carbons (Fsp3) is 0.333. The van der Waals surface area contributed by atoms with Crippen LogP contribution in [0.15, 0.2) is 59.3 Å². The predicted octanol–water partition coefficient (Wildman–Crippen LogP) is 6.13. The fourth-order valence-electron chi connectivity index (χ4n) is 4.74. The number of hydroxylamine groups is 1. The Bertz CT molecular complexity index is 1220. The van der Waals surface area contributed by atoms with Gasteiger partial charge in [-0.05, 0) is 61.9 Å². The summed E-state index contributed by atoms with van der Waals surface area (Å²) in [4.78, 5) is 11.7. The van der Waals surface area contributed by atoms with Gasteiger partial charge in [0, 0.05) is 35.1 Å². The second kappa shape index (κ2) is 10.0. The Balaban J connectivity index is 1.82. The third-order valence-corrected chi connectivity index (χ3v) is 6.32. The van der Waals surface area contributed by atoms with E-state index < -0.39 is 0 Å². The Kier molecular flexibility index (Phi) is 6.94. The second-order valence-electron chi connectivity index (χ2n) is 8.67. The summed E-state index contributed by atoms with van der Waals surface area (Å²) < 4.78 is 7.73. The van der Waals surface area contributed by atoms with E-state index in [0.29, 0.717) is 6.42 Å². The summed E-state index contributed by atoms with van der Waals surface area (Å²) in [6, 6.07) is 17.2. The SMILES string of the molecule is CCCC(CCC(=O)NO)n1cc(Cc2ccccc2)c2cc(-c3c(C)noc3C)ccc21. The first kappa shape index (κ1) is 22.8. The molecule has 0 aliphatic rings.